The van der Waals surface area contributed by atoms with Crippen molar-refractivity contribution in [3.8, 4) is 0 Å². The number of carbonyl (C=O) groups excluding carboxylic acids is 1. The van der Waals surface area contributed by atoms with E-state index in [9.17, 15) is 4.79 Å². The molecule has 1 rings (SSSR count). The molecule has 1 aromatic rings. The number of hydrogen-bond acceptors (Lipinski definition) is 2. The van der Waals surface area contributed by atoms with Crippen LogP contribution in [0.5, 0.6) is 0 Å². The van der Waals surface area contributed by atoms with Crippen LogP contribution in [-0.4, -0.2) is 30.9 Å². The molecule has 1 aromatic carbocycles. The quantitative estimate of drug-likeness (QED) is 0.904. The van der Waals surface area contributed by atoms with E-state index in [0.717, 1.165) is 17.4 Å². The van der Waals surface area contributed by atoms with Gasteiger partial charge in [0.2, 0.25) is 5.91 Å². The van der Waals surface area contributed by atoms with E-state index in [4.69, 9.17) is 5.73 Å². The predicted octanol–water partition coefficient (Wildman–Crippen LogP) is 2.04. The van der Waals surface area contributed by atoms with Crippen molar-refractivity contribution in [2.45, 2.75) is 13.3 Å². The van der Waals surface area contributed by atoms with Crippen molar-refractivity contribution in [2.24, 2.45) is 11.7 Å². The Labute approximate surface area is 111 Å². The van der Waals surface area contributed by atoms with Gasteiger partial charge >= 0.3 is 0 Å². The third kappa shape index (κ3) is 4.48. The number of carbonyl (C=O) groups is 1. The smallest absolute Gasteiger partial charge is 0.226 e. The fourth-order valence-corrected chi connectivity index (χ4v) is 1.80. The fraction of sp³-hybridized carbons (Fsp3) is 0.462. The van der Waals surface area contributed by atoms with Crippen LogP contribution in [0.2, 0.25) is 0 Å². The highest BCUT2D eigenvalue weighted by Gasteiger charge is 2.15. The lowest BCUT2D eigenvalue weighted by atomic mass is 10.1. The Kier molecular flexibility index (Phi) is 5.65. The first-order valence-electron chi connectivity index (χ1n) is 5.74. The molecule has 17 heavy (non-hydrogen) atoms. The van der Waals surface area contributed by atoms with Crippen LogP contribution in [0.4, 0.5) is 0 Å². The first-order chi connectivity index (χ1) is 8.04. The summed E-state index contributed by atoms with van der Waals surface area (Å²) in [6.45, 7) is 2.99. The molecule has 94 valence electrons. The molecule has 1 amide bonds. The lowest BCUT2D eigenvalue weighted by Crippen LogP contribution is -2.36. The summed E-state index contributed by atoms with van der Waals surface area (Å²) in [6.07, 6.45) is 0.868. The van der Waals surface area contributed by atoms with Crippen molar-refractivity contribution in [3.63, 3.8) is 0 Å². The van der Waals surface area contributed by atoms with Gasteiger partial charge in [-0.15, -0.1) is 0 Å². The van der Waals surface area contributed by atoms with Crippen molar-refractivity contribution in [1.82, 2.24) is 4.90 Å². The van der Waals surface area contributed by atoms with Gasteiger partial charge in [-0.25, -0.2) is 0 Å². The number of amides is 1. The molecule has 1 unspecified atom stereocenters. The number of likely N-dealkylation sites (N-methyl/N-ethyl adjacent to an activating group) is 1. The second kappa shape index (κ2) is 6.77. The SMILES string of the molecule is CC(CN)C(=O)N(C)CCc1ccc(Br)cc1. The monoisotopic (exact) mass is 298 g/mol. The van der Waals surface area contributed by atoms with Crippen LogP contribution < -0.4 is 5.73 Å². The lowest BCUT2D eigenvalue weighted by Gasteiger charge is -2.20. The van der Waals surface area contributed by atoms with Gasteiger partial charge in [-0.3, -0.25) is 4.79 Å². The standard InChI is InChI=1S/C13H19BrN2O/c1-10(9-15)13(17)16(2)8-7-11-3-5-12(14)6-4-11/h3-6,10H,7-9,15H2,1-2H3. The Morgan fingerprint density at radius 2 is 2.00 bits per heavy atom. The highest BCUT2D eigenvalue weighted by Crippen LogP contribution is 2.11. The maximum absolute atomic E-state index is 11.8. The van der Waals surface area contributed by atoms with Crippen molar-refractivity contribution in [3.05, 3.63) is 34.3 Å². The van der Waals surface area contributed by atoms with Gasteiger partial charge in [-0.2, -0.15) is 0 Å². The lowest BCUT2D eigenvalue weighted by molar-refractivity contribution is -0.133. The summed E-state index contributed by atoms with van der Waals surface area (Å²) in [5.74, 6) is 0.0227. The largest absolute Gasteiger partial charge is 0.345 e. The third-order valence-electron chi connectivity index (χ3n) is 2.80. The number of nitrogens with zero attached hydrogens (tertiary/aromatic N) is 1. The summed E-state index contributed by atoms with van der Waals surface area (Å²) in [5.41, 5.74) is 6.71. The van der Waals surface area contributed by atoms with Crippen molar-refractivity contribution in [2.75, 3.05) is 20.1 Å². The van der Waals surface area contributed by atoms with Gasteiger partial charge in [-0.1, -0.05) is 35.0 Å². The summed E-state index contributed by atoms with van der Waals surface area (Å²) in [7, 11) is 1.83. The van der Waals surface area contributed by atoms with E-state index in [-0.39, 0.29) is 11.8 Å². The third-order valence-corrected chi connectivity index (χ3v) is 3.33. The average molecular weight is 299 g/mol. The summed E-state index contributed by atoms with van der Waals surface area (Å²) in [6, 6.07) is 8.16. The zero-order valence-electron chi connectivity index (χ0n) is 10.3. The number of nitrogens with two attached hydrogens (primary N) is 1. The van der Waals surface area contributed by atoms with Gasteiger partial charge in [-0.05, 0) is 24.1 Å². The van der Waals surface area contributed by atoms with Crippen LogP contribution >= 0.6 is 15.9 Å². The molecule has 0 saturated heterocycles. The minimum absolute atomic E-state index is 0.0927. The summed E-state index contributed by atoms with van der Waals surface area (Å²) < 4.78 is 1.07. The van der Waals surface area contributed by atoms with Crippen LogP contribution in [0.3, 0.4) is 0 Å². The molecule has 3 nitrogen and oxygen atoms in total. The van der Waals surface area contributed by atoms with Crippen molar-refractivity contribution < 1.29 is 4.79 Å². The van der Waals surface area contributed by atoms with E-state index in [2.05, 4.69) is 28.1 Å². The minimum atomic E-state index is -0.0927. The van der Waals surface area contributed by atoms with Crippen LogP contribution in [0.15, 0.2) is 28.7 Å². The Hall–Kier alpha value is -0.870. The van der Waals surface area contributed by atoms with Crippen molar-refractivity contribution >= 4 is 21.8 Å². The first kappa shape index (κ1) is 14.2. The van der Waals surface area contributed by atoms with E-state index < -0.39 is 0 Å². The Balaban J connectivity index is 2.45. The molecular weight excluding hydrogens is 280 g/mol. The maximum atomic E-state index is 11.8. The predicted molar refractivity (Wildman–Crippen MR) is 73.7 cm³/mol. The highest BCUT2D eigenvalue weighted by molar-refractivity contribution is 9.10. The Bertz CT molecular complexity index is 364. The van der Waals surface area contributed by atoms with Gasteiger partial charge in [0, 0.05) is 30.5 Å². The van der Waals surface area contributed by atoms with Gasteiger partial charge < -0.3 is 10.6 Å². The first-order valence-corrected chi connectivity index (χ1v) is 6.53. The van der Waals surface area contributed by atoms with Crippen LogP contribution in [0, 0.1) is 5.92 Å². The average Bonchev–Trinajstić information content (AvgIpc) is 2.35. The van der Waals surface area contributed by atoms with Gasteiger partial charge in [0.25, 0.3) is 0 Å². The summed E-state index contributed by atoms with van der Waals surface area (Å²) in [5, 5.41) is 0. The molecule has 2 N–H and O–H groups in total. The van der Waals surface area contributed by atoms with E-state index in [1.807, 2.05) is 26.1 Å². The van der Waals surface area contributed by atoms with E-state index in [1.54, 1.807) is 4.90 Å². The van der Waals surface area contributed by atoms with Gasteiger partial charge in [0.05, 0.1) is 0 Å². The molecule has 0 saturated carbocycles. The van der Waals surface area contributed by atoms with E-state index in [0.29, 0.717) is 6.54 Å². The zero-order valence-corrected chi connectivity index (χ0v) is 11.9. The molecule has 0 aliphatic carbocycles. The molecule has 0 aliphatic rings. The zero-order chi connectivity index (χ0) is 12.8. The topological polar surface area (TPSA) is 46.3 Å². The molecule has 0 aliphatic heterocycles. The van der Waals surface area contributed by atoms with E-state index >= 15 is 0 Å². The van der Waals surface area contributed by atoms with E-state index in [1.165, 1.54) is 5.56 Å². The number of halogens is 1. The summed E-state index contributed by atoms with van der Waals surface area (Å²) >= 11 is 3.40. The fourth-order valence-electron chi connectivity index (χ4n) is 1.54. The van der Waals surface area contributed by atoms with Crippen molar-refractivity contribution in [1.29, 1.82) is 0 Å². The molecule has 0 radical (unpaired) electrons. The Morgan fingerprint density at radius 1 is 1.41 bits per heavy atom. The number of hydrogen-bond donors (Lipinski definition) is 1. The number of benzene rings is 1. The normalized spacial score (nSPS) is 12.2. The van der Waals surface area contributed by atoms with Gasteiger partial charge in [0.1, 0.15) is 0 Å². The van der Waals surface area contributed by atoms with Gasteiger partial charge in [0.15, 0.2) is 0 Å². The van der Waals surface area contributed by atoms with Crippen LogP contribution in [0.1, 0.15) is 12.5 Å². The number of rotatable bonds is 5. The molecule has 1 atom stereocenters. The minimum Gasteiger partial charge on any atom is -0.345 e. The molecule has 0 heterocycles. The second-order valence-corrected chi connectivity index (χ2v) is 5.19. The molecular formula is C13H19BrN2O. The summed E-state index contributed by atoms with van der Waals surface area (Å²) in [4.78, 5) is 13.5. The molecule has 4 heteroatoms. The van der Waals surface area contributed by atoms with Crippen LogP contribution in [0.25, 0.3) is 0 Å². The van der Waals surface area contributed by atoms with Crippen LogP contribution in [-0.2, 0) is 11.2 Å². The molecule has 0 spiro atoms. The highest BCUT2D eigenvalue weighted by atomic mass is 79.9. The Morgan fingerprint density at radius 3 is 2.53 bits per heavy atom. The molecule has 0 fully saturated rings. The molecule has 0 aromatic heterocycles. The maximum Gasteiger partial charge on any atom is 0.226 e. The molecule has 0 bridgehead atoms. The second-order valence-electron chi connectivity index (χ2n) is 4.27.